The molecule has 2 rings (SSSR count). The van der Waals surface area contributed by atoms with E-state index < -0.39 is 5.97 Å². The van der Waals surface area contributed by atoms with Crippen molar-refractivity contribution in [2.45, 2.75) is 38.5 Å². The van der Waals surface area contributed by atoms with Gasteiger partial charge in [-0.15, -0.1) is 0 Å². The van der Waals surface area contributed by atoms with Gasteiger partial charge in [-0.1, -0.05) is 56.0 Å². The molecule has 4 nitrogen and oxygen atoms in total. The normalized spacial score (nSPS) is 11.0. The molecule has 0 radical (unpaired) electrons. The summed E-state index contributed by atoms with van der Waals surface area (Å²) in [6.45, 7) is 1.51. The number of hydrogen-bond donors (Lipinski definition) is 2. The summed E-state index contributed by atoms with van der Waals surface area (Å²) in [6, 6.07) is 15.8. The molecule has 0 saturated heterocycles. The molecule has 0 bridgehead atoms. The Morgan fingerprint density at radius 1 is 0.926 bits per heavy atom. The Balaban J connectivity index is 1.86. The lowest BCUT2D eigenvalue weighted by Crippen LogP contribution is -1.99. The maximum atomic E-state index is 10.7. The van der Waals surface area contributed by atoms with Crippen molar-refractivity contribution in [1.82, 2.24) is 0 Å². The summed E-state index contributed by atoms with van der Waals surface area (Å²) < 4.78 is 5.89. The Kier molecular flexibility index (Phi) is 9.14. The van der Waals surface area contributed by atoms with Gasteiger partial charge in [-0.3, -0.25) is 0 Å². The molecule has 2 aromatic carbocycles. The van der Waals surface area contributed by atoms with E-state index in [1.807, 2.05) is 48.5 Å². The van der Waals surface area contributed by atoms with E-state index in [1.54, 1.807) is 6.08 Å². The molecule has 0 aliphatic rings. The number of benzene rings is 2. The minimum absolute atomic E-state index is 0.724. The van der Waals surface area contributed by atoms with Gasteiger partial charge in [0.15, 0.2) is 0 Å². The highest BCUT2D eigenvalue weighted by molar-refractivity contribution is 5.85. The highest BCUT2D eigenvalue weighted by Crippen LogP contribution is 2.25. The lowest BCUT2D eigenvalue weighted by atomic mass is 10.0. The Bertz CT molecular complexity index is 740. The summed E-state index contributed by atoms with van der Waals surface area (Å²) in [6.07, 6.45) is 9.81. The Hall–Kier alpha value is -2.59. The number of carboxylic acid groups (broad SMARTS) is 1. The van der Waals surface area contributed by atoms with Gasteiger partial charge >= 0.3 is 5.97 Å². The molecule has 0 fully saturated rings. The summed E-state index contributed by atoms with van der Waals surface area (Å²) in [5.74, 6) is -0.0858. The molecule has 27 heavy (non-hydrogen) atoms. The highest BCUT2D eigenvalue weighted by atomic mass is 16.5. The SMILES string of the molecule is NCCCCCCCCOc1cccc(-c2cccc(/C=C\C(=O)O)c2)c1. The van der Waals surface area contributed by atoms with Crippen LogP contribution >= 0.6 is 0 Å². The Morgan fingerprint density at radius 2 is 1.59 bits per heavy atom. The third kappa shape index (κ3) is 8.09. The molecule has 0 saturated carbocycles. The summed E-state index contributed by atoms with van der Waals surface area (Å²) in [4.78, 5) is 10.7. The number of carbonyl (C=O) groups is 1. The molecule has 2 aromatic rings. The molecule has 144 valence electrons. The number of nitrogens with two attached hydrogens (primary N) is 1. The fraction of sp³-hybridized carbons (Fsp3) is 0.348. The molecule has 0 atom stereocenters. The zero-order valence-electron chi connectivity index (χ0n) is 15.8. The van der Waals surface area contributed by atoms with Crippen molar-refractivity contribution in [3.63, 3.8) is 0 Å². The Labute approximate surface area is 161 Å². The topological polar surface area (TPSA) is 72.5 Å². The van der Waals surface area contributed by atoms with Crippen LogP contribution in [0.15, 0.2) is 54.6 Å². The first-order valence-corrected chi connectivity index (χ1v) is 9.63. The summed E-state index contributed by atoms with van der Waals surface area (Å²) in [5, 5.41) is 8.76. The van der Waals surface area contributed by atoms with Crippen molar-refractivity contribution in [2.24, 2.45) is 5.73 Å². The van der Waals surface area contributed by atoms with Gasteiger partial charge in [0, 0.05) is 6.08 Å². The number of unbranched alkanes of at least 4 members (excludes halogenated alkanes) is 5. The zero-order valence-corrected chi connectivity index (χ0v) is 15.8. The van der Waals surface area contributed by atoms with Gasteiger partial charge in [0.05, 0.1) is 6.61 Å². The molecule has 0 unspecified atom stereocenters. The molecular weight excluding hydrogens is 338 g/mol. The van der Waals surface area contributed by atoms with Crippen molar-refractivity contribution in [2.75, 3.05) is 13.2 Å². The summed E-state index contributed by atoms with van der Waals surface area (Å²) in [7, 11) is 0. The van der Waals surface area contributed by atoms with Crippen LogP contribution in [0.25, 0.3) is 17.2 Å². The quantitative estimate of drug-likeness (QED) is 0.403. The van der Waals surface area contributed by atoms with E-state index >= 15 is 0 Å². The first-order valence-electron chi connectivity index (χ1n) is 9.63. The van der Waals surface area contributed by atoms with Gasteiger partial charge in [-0.25, -0.2) is 4.79 Å². The Morgan fingerprint density at radius 3 is 2.33 bits per heavy atom. The van der Waals surface area contributed by atoms with Crippen LogP contribution in [0.5, 0.6) is 5.75 Å². The third-order valence-electron chi connectivity index (χ3n) is 4.34. The summed E-state index contributed by atoms with van der Waals surface area (Å²) in [5.41, 5.74) is 8.45. The van der Waals surface area contributed by atoms with Gasteiger partial charge in [0.25, 0.3) is 0 Å². The molecule has 0 aromatic heterocycles. The molecule has 3 N–H and O–H groups in total. The van der Waals surface area contributed by atoms with Crippen molar-refractivity contribution < 1.29 is 14.6 Å². The predicted octanol–water partition coefficient (Wildman–Crippen LogP) is 5.13. The van der Waals surface area contributed by atoms with Crippen molar-refractivity contribution in [1.29, 1.82) is 0 Å². The first kappa shape index (κ1) is 20.7. The maximum Gasteiger partial charge on any atom is 0.328 e. The molecule has 0 heterocycles. The molecule has 0 amide bonds. The van der Waals surface area contributed by atoms with E-state index in [1.165, 1.54) is 25.7 Å². The first-order chi connectivity index (χ1) is 13.2. The molecule has 0 aliphatic carbocycles. The minimum atomic E-state index is -0.949. The lowest BCUT2D eigenvalue weighted by Gasteiger charge is -2.09. The van der Waals surface area contributed by atoms with Crippen LogP contribution in [-0.2, 0) is 4.79 Å². The predicted molar refractivity (Wildman–Crippen MR) is 111 cm³/mol. The lowest BCUT2D eigenvalue weighted by molar-refractivity contribution is -0.131. The average Bonchev–Trinajstić information content (AvgIpc) is 2.69. The molecule has 0 aliphatic heterocycles. The van der Waals surface area contributed by atoms with Gasteiger partial charge in [0.2, 0.25) is 0 Å². The van der Waals surface area contributed by atoms with E-state index in [0.717, 1.165) is 54.5 Å². The number of rotatable bonds is 12. The van der Waals surface area contributed by atoms with E-state index in [-0.39, 0.29) is 0 Å². The van der Waals surface area contributed by atoms with Gasteiger partial charge in [-0.2, -0.15) is 0 Å². The van der Waals surface area contributed by atoms with E-state index in [0.29, 0.717) is 0 Å². The number of ether oxygens (including phenoxy) is 1. The fourth-order valence-electron chi connectivity index (χ4n) is 2.90. The van der Waals surface area contributed by atoms with Crippen LogP contribution in [0, 0.1) is 0 Å². The number of aliphatic carboxylic acids is 1. The van der Waals surface area contributed by atoms with E-state index in [4.69, 9.17) is 15.6 Å². The van der Waals surface area contributed by atoms with Crippen molar-refractivity contribution >= 4 is 12.0 Å². The number of carboxylic acids is 1. The maximum absolute atomic E-state index is 10.7. The van der Waals surface area contributed by atoms with Crippen LogP contribution in [0.1, 0.15) is 44.1 Å². The second kappa shape index (κ2) is 11.9. The second-order valence-electron chi connectivity index (χ2n) is 6.58. The largest absolute Gasteiger partial charge is 0.494 e. The second-order valence-corrected chi connectivity index (χ2v) is 6.58. The van der Waals surface area contributed by atoms with Gasteiger partial charge in [-0.05, 0) is 60.4 Å². The van der Waals surface area contributed by atoms with Crippen LogP contribution in [-0.4, -0.2) is 24.2 Å². The smallest absolute Gasteiger partial charge is 0.328 e. The minimum Gasteiger partial charge on any atom is -0.494 e. The van der Waals surface area contributed by atoms with Crippen LogP contribution < -0.4 is 10.5 Å². The third-order valence-corrected chi connectivity index (χ3v) is 4.34. The van der Waals surface area contributed by atoms with Crippen LogP contribution in [0.4, 0.5) is 0 Å². The standard InChI is InChI=1S/C23H29NO3/c24-15-5-3-1-2-4-6-16-27-22-12-8-11-21(18-22)20-10-7-9-19(17-20)13-14-23(25)26/h7-14,17-18H,1-6,15-16,24H2,(H,25,26)/b14-13-. The summed E-state index contributed by atoms with van der Waals surface area (Å²) >= 11 is 0. The molecular formula is C23H29NO3. The van der Waals surface area contributed by atoms with Gasteiger partial charge in [0.1, 0.15) is 5.75 Å². The van der Waals surface area contributed by atoms with Gasteiger partial charge < -0.3 is 15.6 Å². The van der Waals surface area contributed by atoms with E-state index in [2.05, 4.69) is 0 Å². The van der Waals surface area contributed by atoms with Crippen molar-refractivity contribution in [3.05, 3.63) is 60.2 Å². The van der Waals surface area contributed by atoms with E-state index in [9.17, 15) is 4.79 Å². The highest BCUT2D eigenvalue weighted by Gasteiger charge is 2.02. The van der Waals surface area contributed by atoms with Crippen LogP contribution in [0.2, 0.25) is 0 Å². The zero-order chi connectivity index (χ0) is 19.3. The van der Waals surface area contributed by atoms with Crippen LogP contribution in [0.3, 0.4) is 0 Å². The molecule has 0 spiro atoms. The van der Waals surface area contributed by atoms with Crippen molar-refractivity contribution in [3.8, 4) is 16.9 Å². The number of hydrogen-bond acceptors (Lipinski definition) is 3. The molecule has 4 heteroatoms. The average molecular weight is 367 g/mol. The monoisotopic (exact) mass is 367 g/mol. The fourth-order valence-corrected chi connectivity index (χ4v) is 2.90.